The van der Waals surface area contributed by atoms with Gasteiger partial charge in [-0.2, -0.15) is 0 Å². The van der Waals surface area contributed by atoms with Crippen LogP contribution in [0.25, 0.3) is 0 Å². The molecule has 0 spiro atoms. The van der Waals surface area contributed by atoms with Crippen LogP contribution in [0.1, 0.15) is 25.7 Å². The highest BCUT2D eigenvalue weighted by atomic mass is 16.5. The molecule has 0 aromatic carbocycles. The van der Waals surface area contributed by atoms with E-state index in [2.05, 4.69) is 10.6 Å². The van der Waals surface area contributed by atoms with Gasteiger partial charge in [0.05, 0.1) is 12.2 Å². The van der Waals surface area contributed by atoms with E-state index in [0.717, 1.165) is 38.8 Å². The van der Waals surface area contributed by atoms with Crippen molar-refractivity contribution in [3.8, 4) is 0 Å². The van der Waals surface area contributed by atoms with E-state index in [4.69, 9.17) is 9.47 Å². The third kappa shape index (κ3) is 3.94. The molecule has 5 nitrogen and oxygen atoms in total. The first-order chi connectivity index (χ1) is 8.28. The summed E-state index contributed by atoms with van der Waals surface area (Å²) in [5, 5.41) is 6.23. The Morgan fingerprint density at radius 3 is 2.65 bits per heavy atom. The largest absolute Gasteiger partial charge is 0.381 e. The number of rotatable bonds is 5. The predicted octanol–water partition coefficient (Wildman–Crippen LogP) is 0.0486. The molecule has 0 atom stereocenters. The van der Waals surface area contributed by atoms with Crippen LogP contribution in [0.15, 0.2) is 0 Å². The van der Waals surface area contributed by atoms with Crippen molar-refractivity contribution in [1.29, 1.82) is 0 Å². The zero-order valence-corrected chi connectivity index (χ0v) is 10.4. The highest BCUT2D eigenvalue weighted by Gasteiger charge is 2.30. The van der Waals surface area contributed by atoms with Gasteiger partial charge < -0.3 is 20.1 Å². The van der Waals surface area contributed by atoms with E-state index in [1.807, 2.05) is 0 Å². The van der Waals surface area contributed by atoms with E-state index >= 15 is 0 Å². The summed E-state index contributed by atoms with van der Waals surface area (Å²) >= 11 is 0. The van der Waals surface area contributed by atoms with Crippen LogP contribution in [0.4, 0.5) is 0 Å². The first-order valence-electron chi connectivity index (χ1n) is 6.42. The molecule has 2 rings (SSSR count). The summed E-state index contributed by atoms with van der Waals surface area (Å²) in [6, 6.07) is 0.282. The Morgan fingerprint density at radius 1 is 1.29 bits per heavy atom. The maximum absolute atomic E-state index is 11.6. The van der Waals surface area contributed by atoms with Gasteiger partial charge in [0, 0.05) is 13.2 Å². The molecular weight excluding hydrogens is 220 g/mol. The smallest absolute Gasteiger partial charge is 0.246 e. The molecule has 2 N–H and O–H groups in total. The number of methoxy groups -OCH3 is 1. The zero-order chi connectivity index (χ0) is 12.1. The summed E-state index contributed by atoms with van der Waals surface area (Å²) in [5.41, 5.74) is 0. The van der Waals surface area contributed by atoms with Crippen molar-refractivity contribution in [2.75, 3.05) is 26.8 Å². The third-order valence-electron chi connectivity index (χ3n) is 3.53. The van der Waals surface area contributed by atoms with Crippen molar-refractivity contribution < 1.29 is 14.3 Å². The first kappa shape index (κ1) is 12.8. The average molecular weight is 242 g/mol. The number of hydrogen-bond acceptors (Lipinski definition) is 4. The molecule has 5 heteroatoms. The van der Waals surface area contributed by atoms with Crippen LogP contribution < -0.4 is 10.6 Å². The molecule has 1 saturated heterocycles. The van der Waals surface area contributed by atoms with Crippen LogP contribution in [0.2, 0.25) is 0 Å². The van der Waals surface area contributed by atoms with Gasteiger partial charge in [0.1, 0.15) is 6.61 Å². The maximum atomic E-state index is 11.6. The fraction of sp³-hybridized carbons (Fsp3) is 0.917. The van der Waals surface area contributed by atoms with Crippen molar-refractivity contribution in [2.24, 2.45) is 0 Å². The number of carbonyl (C=O) groups excluding carboxylic acids is 1. The molecule has 0 unspecified atom stereocenters. The van der Waals surface area contributed by atoms with Crippen molar-refractivity contribution in [3.63, 3.8) is 0 Å². The van der Waals surface area contributed by atoms with Gasteiger partial charge in [0.25, 0.3) is 0 Å². The molecule has 2 aliphatic rings. The lowest BCUT2D eigenvalue weighted by molar-refractivity contribution is -0.130. The van der Waals surface area contributed by atoms with Crippen molar-refractivity contribution >= 4 is 5.91 Å². The van der Waals surface area contributed by atoms with Crippen LogP contribution in [0, 0.1) is 0 Å². The minimum Gasteiger partial charge on any atom is -0.381 e. The van der Waals surface area contributed by atoms with E-state index in [1.165, 1.54) is 0 Å². The molecule has 0 aromatic heterocycles. The highest BCUT2D eigenvalue weighted by molar-refractivity contribution is 5.77. The molecule has 0 bridgehead atoms. The second-order valence-electron chi connectivity index (χ2n) is 4.85. The molecule has 1 amide bonds. The summed E-state index contributed by atoms with van der Waals surface area (Å²) in [4.78, 5) is 11.6. The summed E-state index contributed by atoms with van der Waals surface area (Å²) in [6.45, 7) is 2.17. The number of hydrogen-bond donors (Lipinski definition) is 2. The Kier molecular flexibility index (Phi) is 4.76. The van der Waals surface area contributed by atoms with Crippen molar-refractivity contribution in [2.45, 2.75) is 43.9 Å². The Balaban J connectivity index is 1.55. The van der Waals surface area contributed by atoms with Gasteiger partial charge in [-0.25, -0.2) is 0 Å². The maximum Gasteiger partial charge on any atom is 0.246 e. The molecule has 1 heterocycles. The lowest BCUT2D eigenvalue weighted by atomic mass is 9.89. The fourth-order valence-corrected chi connectivity index (χ4v) is 2.30. The predicted molar refractivity (Wildman–Crippen MR) is 63.8 cm³/mol. The van der Waals surface area contributed by atoms with Crippen molar-refractivity contribution in [3.05, 3.63) is 0 Å². The van der Waals surface area contributed by atoms with Crippen LogP contribution in [-0.2, 0) is 14.3 Å². The van der Waals surface area contributed by atoms with Crippen LogP contribution in [0.5, 0.6) is 0 Å². The molecule has 17 heavy (non-hydrogen) atoms. The Morgan fingerprint density at radius 2 is 2.00 bits per heavy atom. The third-order valence-corrected chi connectivity index (χ3v) is 3.53. The molecule has 2 fully saturated rings. The molecule has 1 saturated carbocycles. The molecule has 98 valence electrons. The lowest BCUT2D eigenvalue weighted by Gasteiger charge is -2.34. The number of ether oxygens (including phenoxy) is 2. The molecular formula is C12H22N2O3. The van der Waals surface area contributed by atoms with Gasteiger partial charge in [-0.15, -0.1) is 0 Å². The van der Waals surface area contributed by atoms with E-state index < -0.39 is 0 Å². The Bertz CT molecular complexity index is 248. The fourth-order valence-electron chi connectivity index (χ4n) is 2.30. The minimum absolute atomic E-state index is 0.00286. The highest BCUT2D eigenvalue weighted by Crippen LogP contribution is 2.22. The van der Waals surface area contributed by atoms with Gasteiger partial charge in [0.15, 0.2) is 0 Å². The average Bonchev–Trinajstić information content (AvgIpc) is 2.32. The minimum atomic E-state index is 0.00286. The molecule has 0 aromatic rings. The standard InChI is InChI=1S/C12H22N2O3/c1-16-11-6-9(7-11)14-12(15)8-17-10-2-4-13-5-3-10/h9-11,13H,2-8H2,1H3,(H,14,15). The summed E-state index contributed by atoms with van der Waals surface area (Å²) in [6.07, 6.45) is 4.43. The number of carbonyl (C=O) groups is 1. The van der Waals surface area contributed by atoms with Gasteiger partial charge >= 0.3 is 0 Å². The normalized spacial score (nSPS) is 29.7. The van der Waals surface area contributed by atoms with Gasteiger partial charge in [0.2, 0.25) is 5.91 Å². The first-order valence-corrected chi connectivity index (χ1v) is 6.42. The quantitative estimate of drug-likeness (QED) is 0.715. The SMILES string of the molecule is COC1CC(NC(=O)COC2CCNCC2)C1. The van der Waals surface area contributed by atoms with E-state index in [9.17, 15) is 4.79 Å². The zero-order valence-electron chi connectivity index (χ0n) is 10.4. The molecule has 1 aliphatic heterocycles. The van der Waals surface area contributed by atoms with Crippen LogP contribution in [0.3, 0.4) is 0 Å². The Hall–Kier alpha value is -0.650. The van der Waals surface area contributed by atoms with Crippen LogP contribution in [-0.4, -0.2) is 51.0 Å². The Labute approximate surface area is 102 Å². The second-order valence-corrected chi connectivity index (χ2v) is 4.85. The lowest BCUT2D eigenvalue weighted by Crippen LogP contribution is -2.48. The molecule has 1 aliphatic carbocycles. The number of amides is 1. The van der Waals surface area contributed by atoms with Crippen molar-refractivity contribution in [1.82, 2.24) is 10.6 Å². The van der Waals surface area contributed by atoms with Gasteiger partial charge in [-0.1, -0.05) is 0 Å². The van der Waals surface area contributed by atoms with Gasteiger partial charge in [-0.3, -0.25) is 4.79 Å². The summed E-state index contributed by atoms with van der Waals surface area (Å²) in [7, 11) is 1.71. The van der Waals surface area contributed by atoms with Crippen LogP contribution >= 0.6 is 0 Å². The summed E-state index contributed by atoms with van der Waals surface area (Å²) in [5.74, 6) is 0.00286. The topological polar surface area (TPSA) is 59.6 Å². The van der Waals surface area contributed by atoms with E-state index in [1.54, 1.807) is 7.11 Å². The van der Waals surface area contributed by atoms with Gasteiger partial charge in [-0.05, 0) is 38.8 Å². The number of piperidine rings is 1. The molecule has 0 radical (unpaired) electrons. The summed E-state index contributed by atoms with van der Waals surface area (Å²) < 4.78 is 10.7. The van der Waals surface area contributed by atoms with E-state index in [-0.39, 0.29) is 24.7 Å². The number of nitrogens with one attached hydrogen (secondary N) is 2. The van der Waals surface area contributed by atoms with E-state index in [0.29, 0.717) is 6.10 Å². The monoisotopic (exact) mass is 242 g/mol. The second kappa shape index (κ2) is 6.33.